The number of nitrogens with zero attached hydrogens (tertiary/aromatic N) is 5. The quantitative estimate of drug-likeness (QED) is 0.199. The van der Waals surface area contributed by atoms with Crippen LogP contribution in [0.3, 0.4) is 0 Å². The molecule has 0 aliphatic carbocycles. The molecule has 0 fully saturated rings. The third-order valence-electron chi connectivity index (χ3n) is 8.34. The van der Waals surface area contributed by atoms with E-state index in [-0.39, 0.29) is 0 Å². The molecule has 8 rings (SSSR count). The second kappa shape index (κ2) is 9.74. The van der Waals surface area contributed by atoms with Gasteiger partial charge in [-0.2, -0.15) is 5.26 Å². The molecule has 0 amide bonds. The van der Waals surface area contributed by atoms with Crippen LogP contribution in [0.15, 0.2) is 127 Å². The van der Waals surface area contributed by atoms with Gasteiger partial charge in [0.15, 0.2) is 11.4 Å². The standard InChI is InChI=1S/C39H21N5/c1-41-28-8-6-10-31(22-28)44-38-18-15-29(42-2)23-35(38)33-16-14-27(21-39(33)44)26-7-5-9-30(20-26)43-36-12-4-3-11-32(36)34-19-25(24-40)13-17-37(34)43/h3-23H. The average molecular weight is 560 g/mol. The summed E-state index contributed by atoms with van der Waals surface area (Å²) in [4.78, 5) is 7.33. The Morgan fingerprint density at radius 3 is 1.93 bits per heavy atom. The van der Waals surface area contributed by atoms with E-state index in [0.717, 1.165) is 66.1 Å². The maximum Gasteiger partial charge on any atom is 0.189 e. The fourth-order valence-electron chi connectivity index (χ4n) is 6.38. The summed E-state index contributed by atoms with van der Waals surface area (Å²) in [6.45, 7) is 15.1. The van der Waals surface area contributed by atoms with Crippen molar-refractivity contribution in [3.05, 3.63) is 156 Å². The number of rotatable bonds is 3. The SMILES string of the molecule is [C-]#[N+]c1cccc(-n2c3ccc([N+]#[C-])cc3c3ccc(-c4cccc(-n5c6ccccc6c6cc(C#N)ccc65)c4)cc32)c1. The molecule has 0 bridgehead atoms. The van der Waals surface area contributed by atoms with E-state index in [2.05, 4.69) is 79.5 Å². The van der Waals surface area contributed by atoms with Gasteiger partial charge in [-0.15, -0.1) is 0 Å². The molecular weight excluding hydrogens is 538 g/mol. The molecule has 8 aromatic rings. The first-order valence-electron chi connectivity index (χ1n) is 14.1. The van der Waals surface area contributed by atoms with Crippen LogP contribution < -0.4 is 0 Å². The van der Waals surface area contributed by atoms with Gasteiger partial charge in [0, 0.05) is 27.5 Å². The van der Waals surface area contributed by atoms with Gasteiger partial charge >= 0.3 is 0 Å². The predicted octanol–water partition coefficient (Wildman–Crippen LogP) is 10.5. The minimum absolute atomic E-state index is 0.576. The van der Waals surface area contributed by atoms with E-state index in [1.54, 1.807) is 0 Å². The van der Waals surface area contributed by atoms with E-state index >= 15 is 0 Å². The van der Waals surface area contributed by atoms with Crippen LogP contribution in [0.5, 0.6) is 0 Å². The number of para-hydroxylation sites is 1. The van der Waals surface area contributed by atoms with Gasteiger partial charge in [-0.1, -0.05) is 60.7 Å². The summed E-state index contributed by atoms with van der Waals surface area (Å²) >= 11 is 0. The number of fused-ring (bicyclic) bond motifs is 6. The molecule has 2 aromatic heterocycles. The normalized spacial score (nSPS) is 11.1. The van der Waals surface area contributed by atoms with Gasteiger partial charge in [-0.05, 0) is 83.2 Å². The molecule has 5 nitrogen and oxygen atoms in total. The third kappa shape index (κ3) is 3.77. The first-order chi connectivity index (χ1) is 21.7. The van der Waals surface area contributed by atoms with Crippen LogP contribution in [0.1, 0.15) is 5.56 Å². The molecule has 6 aromatic carbocycles. The smallest absolute Gasteiger partial charge is 0.189 e. The second-order valence-corrected chi connectivity index (χ2v) is 10.8. The Morgan fingerprint density at radius 1 is 0.477 bits per heavy atom. The van der Waals surface area contributed by atoms with Gasteiger partial charge in [0.1, 0.15) is 0 Å². The van der Waals surface area contributed by atoms with E-state index in [9.17, 15) is 5.26 Å². The average Bonchev–Trinajstić information content (AvgIpc) is 3.59. The Morgan fingerprint density at radius 2 is 1.11 bits per heavy atom. The van der Waals surface area contributed by atoms with Crippen molar-refractivity contribution in [1.29, 1.82) is 5.26 Å². The van der Waals surface area contributed by atoms with Crippen LogP contribution in [0, 0.1) is 24.5 Å². The van der Waals surface area contributed by atoms with Crippen molar-refractivity contribution in [2.75, 3.05) is 0 Å². The zero-order valence-electron chi connectivity index (χ0n) is 23.4. The minimum atomic E-state index is 0.576. The van der Waals surface area contributed by atoms with E-state index in [1.165, 1.54) is 0 Å². The van der Waals surface area contributed by atoms with Crippen LogP contribution in [-0.2, 0) is 0 Å². The van der Waals surface area contributed by atoms with E-state index in [4.69, 9.17) is 13.1 Å². The second-order valence-electron chi connectivity index (χ2n) is 10.8. The fourth-order valence-corrected chi connectivity index (χ4v) is 6.38. The zero-order chi connectivity index (χ0) is 29.8. The lowest BCUT2D eigenvalue weighted by molar-refractivity contribution is 1.18. The third-order valence-corrected chi connectivity index (χ3v) is 8.34. The Labute approximate surface area is 253 Å². The number of hydrogen-bond donors (Lipinski definition) is 0. The Bertz CT molecular complexity index is 2600. The number of benzene rings is 6. The van der Waals surface area contributed by atoms with Gasteiger partial charge in [-0.25, -0.2) is 9.69 Å². The van der Waals surface area contributed by atoms with Gasteiger partial charge < -0.3 is 9.13 Å². The number of hydrogen-bond acceptors (Lipinski definition) is 1. The Balaban J connectivity index is 1.36. The van der Waals surface area contributed by atoms with E-state index in [1.807, 2.05) is 72.8 Å². The lowest BCUT2D eigenvalue weighted by Crippen LogP contribution is -1.95. The molecule has 0 saturated carbocycles. The highest BCUT2D eigenvalue weighted by molar-refractivity contribution is 6.12. The maximum atomic E-state index is 9.54. The summed E-state index contributed by atoms with van der Waals surface area (Å²) in [6, 6.07) is 44.9. The lowest BCUT2D eigenvalue weighted by Gasteiger charge is -2.12. The zero-order valence-corrected chi connectivity index (χ0v) is 23.4. The number of nitriles is 1. The summed E-state index contributed by atoms with van der Waals surface area (Å²) < 4.78 is 4.44. The van der Waals surface area contributed by atoms with Crippen LogP contribution in [0.25, 0.3) is 75.8 Å². The molecule has 2 heterocycles. The van der Waals surface area contributed by atoms with E-state index < -0.39 is 0 Å². The molecule has 202 valence electrons. The van der Waals surface area contributed by atoms with Gasteiger partial charge in [0.2, 0.25) is 0 Å². The Kier molecular flexibility index (Phi) is 5.56. The first kappa shape index (κ1) is 25.1. The van der Waals surface area contributed by atoms with Crippen molar-refractivity contribution < 1.29 is 0 Å². The lowest BCUT2D eigenvalue weighted by atomic mass is 10.0. The molecular formula is C39H21N5. The van der Waals surface area contributed by atoms with Crippen molar-refractivity contribution >= 4 is 55.0 Å². The molecule has 0 spiro atoms. The highest BCUT2D eigenvalue weighted by Gasteiger charge is 2.16. The molecule has 0 radical (unpaired) electrons. The highest BCUT2D eigenvalue weighted by atomic mass is 15.0. The summed E-state index contributed by atoms with van der Waals surface area (Å²) in [7, 11) is 0. The van der Waals surface area contributed by atoms with Gasteiger partial charge in [-0.3, -0.25) is 0 Å². The van der Waals surface area contributed by atoms with Crippen molar-refractivity contribution in [3.63, 3.8) is 0 Å². The molecule has 0 saturated heterocycles. The summed E-state index contributed by atoms with van der Waals surface area (Å²) in [5.74, 6) is 0. The van der Waals surface area contributed by atoms with E-state index in [0.29, 0.717) is 16.9 Å². The largest absolute Gasteiger partial charge is 0.311 e. The summed E-state index contributed by atoms with van der Waals surface area (Å²) in [5.41, 5.74) is 10.0. The van der Waals surface area contributed by atoms with Crippen molar-refractivity contribution in [1.82, 2.24) is 9.13 Å². The minimum Gasteiger partial charge on any atom is -0.311 e. The molecule has 0 aliphatic rings. The van der Waals surface area contributed by atoms with Crippen molar-refractivity contribution in [2.24, 2.45) is 0 Å². The molecule has 0 unspecified atom stereocenters. The molecule has 0 aliphatic heterocycles. The maximum absolute atomic E-state index is 9.54. The topological polar surface area (TPSA) is 42.4 Å². The molecule has 0 atom stereocenters. The summed E-state index contributed by atoms with van der Waals surface area (Å²) in [5, 5.41) is 13.8. The molecule has 5 heteroatoms. The monoisotopic (exact) mass is 559 g/mol. The molecule has 44 heavy (non-hydrogen) atoms. The van der Waals surface area contributed by atoms with Crippen LogP contribution in [0.4, 0.5) is 11.4 Å². The van der Waals surface area contributed by atoms with Crippen LogP contribution >= 0.6 is 0 Å². The summed E-state index contributed by atoms with van der Waals surface area (Å²) in [6.07, 6.45) is 0. The Hall–Kier alpha value is -6.61. The predicted molar refractivity (Wildman–Crippen MR) is 178 cm³/mol. The fraction of sp³-hybridized carbons (Fsp3) is 0. The van der Waals surface area contributed by atoms with Gasteiger partial charge in [0.25, 0.3) is 0 Å². The highest BCUT2D eigenvalue weighted by Crippen LogP contribution is 2.38. The number of aromatic nitrogens is 2. The first-order valence-corrected chi connectivity index (χ1v) is 14.1. The molecule has 0 N–H and O–H groups in total. The van der Waals surface area contributed by atoms with Crippen LogP contribution in [-0.4, -0.2) is 9.13 Å². The van der Waals surface area contributed by atoms with Crippen molar-refractivity contribution in [3.8, 4) is 28.6 Å². The van der Waals surface area contributed by atoms with Crippen LogP contribution in [0.2, 0.25) is 0 Å². The van der Waals surface area contributed by atoms with Crippen molar-refractivity contribution in [2.45, 2.75) is 0 Å². The van der Waals surface area contributed by atoms with Gasteiger partial charge in [0.05, 0.1) is 46.8 Å².